The maximum Gasteiger partial charge on any atom is 0.277 e. The fraction of sp³-hybridized carbons (Fsp3) is 0.371. The smallest absolute Gasteiger partial charge is 0.277 e. The molecular weight excluding hydrogens is 653 g/mol. The number of aromatic nitrogens is 5. The SMILES string of the molecule is COc1nc(-c2cccc(-c3ccnc(-c4cc5c(=O)n(C)c(CN6CC(C)(O)C6)nn5c4)c3Cl)c2Cl)ccc1CN[C@H]1C[C@@](C)(O)C1. The second-order valence-corrected chi connectivity index (χ2v) is 14.3. The fourth-order valence-corrected chi connectivity index (χ4v) is 7.44. The van der Waals surface area contributed by atoms with E-state index in [1.165, 1.54) is 4.57 Å². The number of hydrogen-bond donors (Lipinski definition) is 3. The molecular formula is C35H37Cl2N7O4. The molecule has 1 aliphatic heterocycles. The van der Waals surface area contributed by atoms with Crippen molar-refractivity contribution in [3.05, 3.63) is 86.6 Å². The zero-order chi connectivity index (χ0) is 34.0. The van der Waals surface area contributed by atoms with Crippen LogP contribution in [0.2, 0.25) is 10.0 Å². The number of nitrogens with zero attached hydrogens (tertiary/aromatic N) is 6. The van der Waals surface area contributed by atoms with Gasteiger partial charge in [0.05, 0.1) is 46.3 Å². The number of likely N-dealkylation sites (tertiary alicyclic amines) is 1. The number of pyridine rings is 2. The number of aliphatic hydroxyl groups is 2. The Balaban J connectivity index is 1.18. The maximum atomic E-state index is 13.3. The molecule has 4 aromatic heterocycles. The van der Waals surface area contributed by atoms with Crippen molar-refractivity contribution in [3.8, 4) is 39.5 Å². The van der Waals surface area contributed by atoms with Gasteiger partial charge in [-0.25, -0.2) is 9.50 Å². The zero-order valence-electron chi connectivity index (χ0n) is 27.2. The van der Waals surface area contributed by atoms with E-state index in [1.54, 1.807) is 44.1 Å². The van der Waals surface area contributed by atoms with Gasteiger partial charge in [0.25, 0.3) is 5.56 Å². The topological polar surface area (TPSA) is 130 Å². The van der Waals surface area contributed by atoms with Crippen LogP contribution in [0.25, 0.3) is 39.2 Å². The summed E-state index contributed by atoms with van der Waals surface area (Å²) in [5, 5.41) is 29.2. The van der Waals surface area contributed by atoms with Crippen LogP contribution in [0.15, 0.2) is 59.7 Å². The van der Waals surface area contributed by atoms with E-state index in [2.05, 4.69) is 10.3 Å². The largest absolute Gasteiger partial charge is 0.481 e. The molecule has 1 aliphatic carbocycles. The van der Waals surface area contributed by atoms with E-state index in [0.717, 1.165) is 11.1 Å². The van der Waals surface area contributed by atoms with E-state index in [4.69, 9.17) is 38.0 Å². The predicted molar refractivity (Wildman–Crippen MR) is 185 cm³/mol. The van der Waals surface area contributed by atoms with Gasteiger partial charge < -0.3 is 20.3 Å². The van der Waals surface area contributed by atoms with E-state index >= 15 is 0 Å². The van der Waals surface area contributed by atoms with Crippen molar-refractivity contribution < 1.29 is 14.9 Å². The van der Waals surface area contributed by atoms with E-state index < -0.39 is 11.2 Å². The highest BCUT2D eigenvalue weighted by atomic mass is 35.5. The molecule has 0 unspecified atom stereocenters. The number of hydrogen-bond acceptors (Lipinski definition) is 9. The summed E-state index contributed by atoms with van der Waals surface area (Å²) in [7, 11) is 3.29. The lowest BCUT2D eigenvalue weighted by Gasteiger charge is -2.44. The van der Waals surface area contributed by atoms with Crippen molar-refractivity contribution in [1.82, 2.24) is 34.4 Å². The second kappa shape index (κ2) is 12.2. The molecule has 1 aromatic carbocycles. The van der Waals surface area contributed by atoms with Crippen molar-refractivity contribution >= 4 is 28.7 Å². The van der Waals surface area contributed by atoms with Crippen LogP contribution in [0.5, 0.6) is 5.88 Å². The minimum Gasteiger partial charge on any atom is -0.481 e. The summed E-state index contributed by atoms with van der Waals surface area (Å²) < 4.78 is 8.74. The Hall–Kier alpha value is -3.84. The monoisotopic (exact) mass is 689 g/mol. The van der Waals surface area contributed by atoms with Crippen LogP contribution < -0.4 is 15.6 Å². The van der Waals surface area contributed by atoms with Gasteiger partial charge in [-0.1, -0.05) is 47.5 Å². The highest BCUT2D eigenvalue weighted by Gasteiger charge is 2.38. The molecule has 5 aromatic rings. The summed E-state index contributed by atoms with van der Waals surface area (Å²) >= 11 is 14.1. The summed E-state index contributed by atoms with van der Waals surface area (Å²) in [6.07, 6.45) is 4.84. The fourth-order valence-electron chi connectivity index (χ4n) is 6.79. The van der Waals surface area contributed by atoms with E-state index in [-0.39, 0.29) is 11.6 Å². The molecule has 0 spiro atoms. The quantitative estimate of drug-likeness (QED) is 0.202. The average molecular weight is 691 g/mol. The number of fused-ring (bicyclic) bond motifs is 1. The normalized spacial score (nSPS) is 20.5. The Kier molecular flexibility index (Phi) is 8.34. The molecule has 0 radical (unpaired) electrons. The van der Waals surface area contributed by atoms with E-state index in [0.29, 0.717) is 94.4 Å². The molecule has 5 heterocycles. The number of benzene rings is 1. The molecule has 3 N–H and O–H groups in total. The number of halogens is 2. The highest BCUT2D eigenvalue weighted by Crippen LogP contribution is 2.42. The molecule has 250 valence electrons. The molecule has 1 saturated heterocycles. The summed E-state index contributed by atoms with van der Waals surface area (Å²) in [6.45, 7) is 5.70. The first-order chi connectivity index (χ1) is 22.8. The van der Waals surface area contributed by atoms with Crippen molar-refractivity contribution in [1.29, 1.82) is 0 Å². The van der Waals surface area contributed by atoms with Crippen LogP contribution in [0.1, 0.15) is 38.1 Å². The standard InChI is InChI=1S/C35H37Cl2N7O4/c1-34(46)13-22(14-34)39-15-20-8-9-26(40-32(20)48-4)25-7-5-6-23(29(25)36)24-10-11-38-31(30(24)37)21-12-27-33(45)42(3)28(41-44(27)16-21)17-43-18-35(2,47)19-43/h5-12,16,22,39,46-47H,13-15,17-19H2,1-4H3/t22-,34+. The van der Waals surface area contributed by atoms with Crippen molar-refractivity contribution in [2.75, 3.05) is 20.2 Å². The lowest BCUT2D eigenvalue weighted by Crippen LogP contribution is -2.59. The predicted octanol–water partition coefficient (Wildman–Crippen LogP) is 4.71. The van der Waals surface area contributed by atoms with Crippen LogP contribution in [0.3, 0.4) is 0 Å². The first-order valence-corrected chi connectivity index (χ1v) is 16.5. The van der Waals surface area contributed by atoms with Gasteiger partial charge in [0.2, 0.25) is 5.88 Å². The minimum absolute atomic E-state index is 0.192. The average Bonchev–Trinajstić information content (AvgIpc) is 3.45. The third-order valence-electron chi connectivity index (χ3n) is 9.24. The third-order valence-corrected chi connectivity index (χ3v) is 10.0. The van der Waals surface area contributed by atoms with Gasteiger partial charge in [0.15, 0.2) is 0 Å². The van der Waals surface area contributed by atoms with Crippen molar-refractivity contribution in [3.63, 3.8) is 0 Å². The molecule has 48 heavy (non-hydrogen) atoms. The summed E-state index contributed by atoms with van der Waals surface area (Å²) in [4.78, 5) is 24.7. The molecule has 11 nitrogen and oxygen atoms in total. The maximum absolute atomic E-state index is 13.3. The van der Waals surface area contributed by atoms with E-state index in [1.807, 2.05) is 48.2 Å². The molecule has 13 heteroatoms. The molecule has 0 amide bonds. The Morgan fingerprint density at radius 1 is 1.02 bits per heavy atom. The summed E-state index contributed by atoms with van der Waals surface area (Å²) in [5.41, 5.74) is 3.69. The summed E-state index contributed by atoms with van der Waals surface area (Å²) in [6, 6.07) is 13.4. The van der Waals surface area contributed by atoms with Crippen molar-refractivity contribution in [2.24, 2.45) is 7.05 Å². The number of rotatable bonds is 9. The van der Waals surface area contributed by atoms with Gasteiger partial charge in [0, 0.05) is 72.9 Å². The Labute approximate surface area is 287 Å². The lowest BCUT2D eigenvalue weighted by atomic mass is 9.77. The van der Waals surface area contributed by atoms with Gasteiger partial charge in [-0.15, -0.1) is 0 Å². The Morgan fingerprint density at radius 3 is 2.46 bits per heavy atom. The molecule has 2 fully saturated rings. The summed E-state index contributed by atoms with van der Waals surface area (Å²) in [5.74, 6) is 1.08. The highest BCUT2D eigenvalue weighted by molar-refractivity contribution is 6.39. The molecule has 2 aliphatic rings. The first-order valence-electron chi connectivity index (χ1n) is 15.8. The van der Waals surface area contributed by atoms with Crippen LogP contribution in [0.4, 0.5) is 0 Å². The van der Waals surface area contributed by atoms with E-state index in [9.17, 15) is 15.0 Å². The zero-order valence-corrected chi connectivity index (χ0v) is 28.7. The number of nitrogens with one attached hydrogen (secondary N) is 1. The van der Waals surface area contributed by atoms with Gasteiger partial charge in [-0.05, 0) is 44.9 Å². The number of methoxy groups -OCH3 is 1. The van der Waals surface area contributed by atoms with Gasteiger partial charge >= 0.3 is 0 Å². The van der Waals surface area contributed by atoms with Gasteiger partial charge in [-0.3, -0.25) is 19.2 Å². The number of ether oxygens (including phenoxy) is 1. The van der Waals surface area contributed by atoms with Crippen LogP contribution in [-0.2, 0) is 20.1 Å². The number of β-amino-alcohol motifs (C(OH)–C–C–N with tert-alkyl or cyclic N) is 1. The van der Waals surface area contributed by atoms with Crippen molar-refractivity contribution in [2.45, 2.75) is 57.0 Å². The lowest BCUT2D eigenvalue weighted by molar-refractivity contribution is -0.0885. The molecule has 7 rings (SSSR count). The van der Waals surface area contributed by atoms with Crippen LogP contribution >= 0.6 is 23.2 Å². The molecule has 0 atom stereocenters. The molecule has 0 bridgehead atoms. The Morgan fingerprint density at radius 2 is 1.75 bits per heavy atom. The minimum atomic E-state index is -0.717. The first kappa shape index (κ1) is 32.7. The van der Waals surface area contributed by atoms with Crippen LogP contribution in [0, 0.1) is 0 Å². The van der Waals surface area contributed by atoms with Gasteiger partial charge in [-0.2, -0.15) is 5.10 Å². The van der Waals surface area contributed by atoms with Crippen LogP contribution in [-0.4, -0.2) is 76.7 Å². The second-order valence-electron chi connectivity index (χ2n) is 13.5. The molecule has 1 saturated carbocycles. The van der Waals surface area contributed by atoms with Gasteiger partial charge in [0.1, 0.15) is 11.3 Å². The third kappa shape index (κ3) is 6.11. The Bertz CT molecular complexity index is 2090.